The van der Waals surface area contributed by atoms with Gasteiger partial charge in [-0.15, -0.1) is 0 Å². The zero-order chi connectivity index (χ0) is 12.3. The summed E-state index contributed by atoms with van der Waals surface area (Å²) in [5, 5.41) is 10.6. The van der Waals surface area contributed by atoms with Crippen molar-refractivity contribution in [3.8, 4) is 5.75 Å². The van der Waals surface area contributed by atoms with Gasteiger partial charge in [-0.2, -0.15) is 0 Å². The lowest BCUT2D eigenvalue weighted by molar-refractivity contribution is -0.385. The van der Waals surface area contributed by atoms with Crippen LogP contribution in [0.4, 0.5) is 5.69 Å². The molecule has 0 saturated heterocycles. The second kappa shape index (κ2) is 4.61. The molecule has 0 atom stereocenters. The molecule has 1 aromatic carbocycles. The van der Waals surface area contributed by atoms with Crippen molar-refractivity contribution in [2.75, 3.05) is 7.11 Å². The second-order valence-electron chi connectivity index (χ2n) is 3.09. The molecule has 0 aliphatic carbocycles. The van der Waals surface area contributed by atoms with Crippen LogP contribution in [0.5, 0.6) is 5.75 Å². The molecule has 0 aliphatic rings. The standard InChI is InChI=1S/C8H10NO6P/c1-15-8-3-2-6(5-16(12,13)14)4-7(8)9(10)11/h2-4H,5H2,1H3,(H2,12,13,14). The minimum Gasteiger partial charge on any atom is -0.490 e. The van der Waals surface area contributed by atoms with E-state index in [2.05, 4.69) is 0 Å². The molecule has 0 unspecified atom stereocenters. The average Bonchev–Trinajstić information content (AvgIpc) is 2.15. The zero-order valence-corrected chi connectivity index (χ0v) is 9.26. The first-order valence-corrected chi connectivity index (χ1v) is 5.99. The minimum atomic E-state index is -4.22. The highest BCUT2D eigenvalue weighted by atomic mass is 31.2. The summed E-state index contributed by atoms with van der Waals surface area (Å²) in [6.07, 6.45) is -0.530. The lowest BCUT2D eigenvalue weighted by Crippen LogP contribution is -1.96. The van der Waals surface area contributed by atoms with E-state index in [1.165, 1.54) is 19.2 Å². The van der Waals surface area contributed by atoms with Crippen LogP contribution >= 0.6 is 7.60 Å². The van der Waals surface area contributed by atoms with E-state index in [0.29, 0.717) is 0 Å². The average molecular weight is 247 g/mol. The van der Waals surface area contributed by atoms with Gasteiger partial charge in [-0.3, -0.25) is 14.7 Å². The summed E-state index contributed by atoms with van der Waals surface area (Å²) in [7, 11) is -2.94. The fourth-order valence-corrected chi connectivity index (χ4v) is 1.89. The monoisotopic (exact) mass is 247 g/mol. The fraction of sp³-hybridized carbons (Fsp3) is 0.250. The Hall–Kier alpha value is -1.43. The Kier molecular flexibility index (Phi) is 3.64. The predicted octanol–water partition coefficient (Wildman–Crippen LogP) is 1.28. The lowest BCUT2D eigenvalue weighted by Gasteiger charge is -2.06. The number of nitro groups is 1. The highest BCUT2D eigenvalue weighted by molar-refractivity contribution is 7.50. The van der Waals surface area contributed by atoms with Crippen LogP contribution in [0.1, 0.15) is 5.56 Å². The van der Waals surface area contributed by atoms with Crippen molar-refractivity contribution in [1.82, 2.24) is 0 Å². The molecule has 0 heterocycles. The molecule has 8 heteroatoms. The highest BCUT2D eigenvalue weighted by Gasteiger charge is 2.19. The van der Waals surface area contributed by atoms with Crippen LogP contribution in [-0.2, 0) is 10.7 Å². The lowest BCUT2D eigenvalue weighted by atomic mass is 10.2. The number of methoxy groups -OCH3 is 1. The van der Waals surface area contributed by atoms with Crippen molar-refractivity contribution in [2.24, 2.45) is 0 Å². The maximum Gasteiger partial charge on any atom is 0.329 e. The molecular formula is C8H10NO6P. The SMILES string of the molecule is COc1ccc(CP(=O)(O)O)cc1[N+](=O)[O-]. The third-order valence-electron chi connectivity index (χ3n) is 1.83. The molecule has 0 fully saturated rings. The van der Waals surface area contributed by atoms with Crippen LogP contribution in [0.25, 0.3) is 0 Å². The van der Waals surface area contributed by atoms with Gasteiger partial charge in [0.1, 0.15) is 0 Å². The summed E-state index contributed by atoms with van der Waals surface area (Å²) in [6.45, 7) is 0. The van der Waals surface area contributed by atoms with Gasteiger partial charge in [-0.1, -0.05) is 6.07 Å². The minimum absolute atomic E-state index is 0.0551. The van der Waals surface area contributed by atoms with Gasteiger partial charge in [0.15, 0.2) is 5.75 Å². The maximum atomic E-state index is 10.7. The number of hydrogen-bond acceptors (Lipinski definition) is 4. The van der Waals surface area contributed by atoms with Crippen LogP contribution in [0, 0.1) is 10.1 Å². The number of nitro benzene ring substituents is 1. The van der Waals surface area contributed by atoms with E-state index >= 15 is 0 Å². The van der Waals surface area contributed by atoms with Gasteiger partial charge < -0.3 is 14.5 Å². The van der Waals surface area contributed by atoms with Crippen molar-refractivity contribution in [2.45, 2.75) is 6.16 Å². The van der Waals surface area contributed by atoms with Crippen LogP contribution in [0.15, 0.2) is 18.2 Å². The van der Waals surface area contributed by atoms with Crippen molar-refractivity contribution in [1.29, 1.82) is 0 Å². The van der Waals surface area contributed by atoms with E-state index in [-0.39, 0.29) is 17.0 Å². The van der Waals surface area contributed by atoms with Gasteiger partial charge in [-0.25, -0.2) is 0 Å². The third-order valence-corrected chi connectivity index (χ3v) is 2.61. The quantitative estimate of drug-likeness (QED) is 0.471. The molecule has 1 rings (SSSR count). The van der Waals surface area contributed by atoms with Gasteiger partial charge in [0, 0.05) is 6.07 Å². The summed E-state index contributed by atoms with van der Waals surface area (Å²) in [5.41, 5.74) is -0.116. The normalized spacial score (nSPS) is 11.2. The van der Waals surface area contributed by atoms with Crippen LogP contribution in [0.2, 0.25) is 0 Å². The van der Waals surface area contributed by atoms with Crippen molar-refractivity contribution >= 4 is 13.3 Å². The molecule has 0 bridgehead atoms. The zero-order valence-electron chi connectivity index (χ0n) is 8.36. The van der Waals surface area contributed by atoms with Gasteiger partial charge in [0.2, 0.25) is 0 Å². The van der Waals surface area contributed by atoms with Crippen molar-refractivity contribution < 1.29 is 24.0 Å². The van der Waals surface area contributed by atoms with E-state index in [0.717, 1.165) is 6.07 Å². The molecule has 0 saturated carbocycles. The molecular weight excluding hydrogens is 237 g/mol. The Balaban J connectivity index is 3.12. The highest BCUT2D eigenvalue weighted by Crippen LogP contribution is 2.40. The van der Waals surface area contributed by atoms with Gasteiger partial charge >= 0.3 is 13.3 Å². The molecule has 0 aromatic heterocycles. The van der Waals surface area contributed by atoms with E-state index in [1.807, 2.05) is 0 Å². The van der Waals surface area contributed by atoms with Crippen molar-refractivity contribution in [3.63, 3.8) is 0 Å². The van der Waals surface area contributed by atoms with Crippen LogP contribution in [-0.4, -0.2) is 21.8 Å². The Morgan fingerprint density at radius 1 is 1.50 bits per heavy atom. The maximum absolute atomic E-state index is 10.7. The molecule has 0 spiro atoms. The fourth-order valence-electron chi connectivity index (χ4n) is 1.21. The topological polar surface area (TPSA) is 110 Å². The number of ether oxygens (including phenoxy) is 1. The molecule has 0 radical (unpaired) electrons. The number of hydrogen-bond donors (Lipinski definition) is 2. The molecule has 2 N–H and O–H groups in total. The first-order valence-electron chi connectivity index (χ1n) is 4.19. The number of rotatable bonds is 4. The molecule has 0 aliphatic heterocycles. The first-order chi connectivity index (χ1) is 7.33. The molecule has 1 aromatic rings. The summed E-state index contributed by atoms with van der Waals surface area (Å²) >= 11 is 0. The first kappa shape index (κ1) is 12.6. The molecule has 0 amide bonds. The van der Waals surface area contributed by atoms with E-state index < -0.39 is 18.7 Å². The molecule has 88 valence electrons. The summed E-state index contributed by atoms with van der Waals surface area (Å²) < 4.78 is 15.5. The second-order valence-corrected chi connectivity index (χ2v) is 4.73. The largest absolute Gasteiger partial charge is 0.490 e. The third kappa shape index (κ3) is 3.30. The smallest absolute Gasteiger partial charge is 0.329 e. The molecule has 7 nitrogen and oxygen atoms in total. The van der Waals surface area contributed by atoms with Gasteiger partial charge in [0.25, 0.3) is 0 Å². The van der Waals surface area contributed by atoms with E-state index in [1.54, 1.807) is 0 Å². The Morgan fingerprint density at radius 3 is 2.56 bits per heavy atom. The van der Waals surface area contributed by atoms with E-state index in [4.69, 9.17) is 14.5 Å². The van der Waals surface area contributed by atoms with Crippen LogP contribution < -0.4 is 4.74 Å². The van der Waals surface area contributed by atoms with Crippen molar-refractivity contribution in [3.05, 3.63) is 33.9 Å². The Labute approximate surface area is 91.0 Å². The predicted molar refractivity (Wildman–Crippen MR) is 55.4 cm³/mol. The Bertz CT molecular complexity index is 454. The summed E-state index contributed by atoms with van der Waals surface area (Å²) in [6, 6.07) is 3.78. The van der Waals surface area contributed by atoms with Gasteiger partial charge in [-0.05, 0) is 11.6 Å². The van der Waals surface area contributed by atoms with Gasteiger partial charge in [0.05, 0.1) is 18.2 Å². The van der Waals surface area contributed by atoms with E-state index in [9.17, 15) is 14.7 Å². The number of nitrogens with zero attached hydrogens (tertiary/aromatic N) is 1. The summed E-state index contributed by atoms with van der Waals surface area (Å²) in [5.74, 6) is 0.0551. The van der Waals surface area contributed by atoms with Crippen LogP contribution in [0.3, 0.4) is 0 Å². The summed E-state index contributed by atoms with van der Waals surface area (Å²) in [4.78, 5) is 27.4. The Morgan fingerprint density at radius 2 is 2.12 bits per heavy atom. The molecule has 16 heavy (non-hydrogen) atoms. The number of benzene rings is 1.